The van der Waals surface area contributed by atoms with Crippen LogP contribution in [0.3, 0.4) is 0 Å². The Labute approximate surface area is 163 Å². The second kappa shape index (κ2) is 8.17. The Morgan fingerprint density at radius 1 is 1.07 bits per heavy atom. The molecular formula is C22H24N4O2. The number of rotatable bonds is 6. The van der Waals surface area contributed by atoms with E-state index >= 15 is 0 Å². The molecule has 3 aromatic rings. The molecule has 0 bridgehead atoms. The van der Waals surface area contributed by atoms with Crippen LogP contribution >= 0.6 is 0 Å². The molecule has 0 aliphatic carbocycles. The van der Waals surface area contributed by atoms with E-state index in [2.05, 4.69) is 15.6 Å². The van der Waals surface area contributed by atoms with Crippen molar-refractivity contribution in [1.82, 2.24) is 15.2 Å². The van der Waals surface area contributed by atoms with Crippen LogP contribution < -0.4 is 10.6 Å². The molecule has 1 aliphatic rings. The molecular weight excluding hydrogens is 352 g/mol. The topological polar surface area (TPSA) is 77.2 Å². The Kier molecular flexibility index (Phi) is 5.28. The fraction of sp³-hybridized carbons (Fsp3) is 0.273. The van der Waals surface area contributed by atoms with Gasteiger partial charge in [0.2, 0.25) is 0 Å². The lowest BCUT2D eigenvalue weighted by molar-refractivity contribution is -0.109. The molecule has 144 valence electrons. The second-order valence-electron chi connectivity index (χ2n) is 7.12. The third kappa shape index (κ3) is 3.86. The van der Waals surface area contributed by atoms with Gasteiger partial charge in [-0.2, -0.15) is 0 Å². The number of aromatic amines is 1. The summed E-state index contributed by atoms with van der Waals surface area (Å²) in [6, 6.07) is 16.5. The summed E-state index contributed by atoms with van der Waals surface area (Å²) >= 11 is 0. The minimum Gasteiger partial charge on any atom is -0.376 e. The maximum atomic E-state index is 12.6. The Bertz CT molecular complexity index is 947. The standard InChI is InChI=1S/C22H24N4O2/c27-15-20(25-22(28)26-12-4-5-13-26)21(16-6-2-1-3-7-16)24-18-8-9-19-17(14-18)10-11-23-19/h1-3,6-11,14-15,20-21,23-24H,4-5,12-13H2,(H,25,28). The Morgan fingerprint density at radius 2 is 1.86 bits per heavy atom. The Balaban J connectivity index is 1.59. The molecule has 2 atom stereocenters. The van der Waals surface area contributed by atoms with Gasteiger partial charge >= 0.3 is 6.03 Å². The summed E-state index contributed by atoms with van der Waals surface area (Å²) in [5.74, 6) is 0. The predicted molar refractivity (Wildman–Crippen MR) is 110 cm³/mol. The van der Waals surface area contributed by atoms with Gasteiger partial charge in [-0.25, -0.2) is 4.79 Å². The first-order chi connectivity index (χ1) is 13.7. The zero-order valence-electron chi connectivity index (χ0n) is 15.6. The third-order valence-corrected chi connectivity index (χ3v) is 5.22. The molecule has 6 nitrogen and oxygen atoms in total. The van der Waals surface area contributed by atoms with Crippen molar-refractivity contribution < 1.29 is 9.59 Å². The highest BCUT2D eigenvalue weighted by Crippen LogP contribution is 2.25. The normalized spacial score (nSPS) is 15.9. The molecule has 0 radical (unpaired) electrons. The van der Waals surface area contributed by atoms with Gasteiger partial charge in [-0.05, 0) is 42.7 Å². The van der Waals surface area contributed by atoms with Crippen molar-refractivity contribution in [3.8, 4) is 0 Å². The Hall–Kier alpha value is -3.28. The number of benzene rings is 2. The number of anilines is 1. The van der Waals surface area contributed by atoms with Gasteiger partial charge in [0, 0.05) is 35.9 Å². The summed E-state index contributed by atoms with van der Waals surface area (Å²) in [4.78, 5) is 29.5. The van der Waals surface area contributed by atoms with Gasteiger partial charge in [0.1, 0.15) is 12.3 Å². The van der Waals surface area contributed by atoms with Crippen molar-refractivity contribution in [3.05, 3.63) is 66.4 Å². The van der Waals surface area contributed by atoms with Gasteiger partial charge in [-0.3, -0.25) is 0 Å². The fourth-order valence-electron chi connectivity index (χ4n) is 3.71. The lowest BCUT2D eigenvalue weighted by atomic mass is 9.99. The zero-order chi connectivity index (χ0) is 19.3. The van der Waals surface area contributed by atoms with E-state index in [-0.39, 0.29) is 12.1 Å². The van der Waals surface area contributed by atoms with Crippen molar-refractivity contribution in [2.75, 3.05) is 18.4 Å². The van der Waals surface area contributed by atoms with Gasteiger partial charge in [-0.1, -0.05) is 30.3 Å². The highest BCUT2D eigenvalue weighted by Gasteiger charge is 2.27. The van der Waals surface area contributed by atoms with Gasteiger partial charge < -0.3 is 25.3 Å². The van der Waals surface area contributed by atoms with E-state index in [1.165, 1.54) is 0 Å². The fourth-order valence-corrected chi connectivity index (χ4v) is 3.71. The lowest BCUT2D eigenvalue weighted by Crippen LogP contribution is -2.48. The Morgan fingerprint density at radius 3 is 2.61 bits per heavy atom. The van der Waals surface area contributed by atoms with Crippen molar-refractivity contribution in [2.24, 2.45) is 0 Å². The first-order valence-corrected chi connectivity index (χ1v) is 9.64. The number of carbonyl (C=O) groups is 2. The van der Waals surface area contributed by atoms with Crippen molar-refractivity contribution in [1.29, 1.82) is 0 Å². The largest absolute Gasteiger partial charge is 0.376 e. The molecule has 1 fully saturated rings. The number of hydrogen-bond donors (Lipinski definition) is 3. The molecule has 2 unspecified atom stereocenters. The van der Waals surface area contributed by atoms with Gasteiger partial charge in [-0.15, -0.1) is 0 Å². The average molecular weight is 376 g/mol. The molecule has 0 spiro atoms. The molecule has 6 heteroatoms. The van der Waals surface area contributed by atoms with E-state index in [4.69, 9.17) is 0 Å². The number of amides is 2. The number of nitrogens with one attached hydrogen (secondary N) is 3. The molecule has 2 amide bonds. The predicted octanol–water partition coefficient (Wildman–Crippen LogP) is 3.69. The van der Waals surface area contributed by atoms with Gasteiger partial charge in [0.25, 0.3) is 0 Å². The van der Waals surface area contributed by atoms with Crippen molar-refractivity contribution in [3.63, 3.8) is 0 Å². The monoisotopic (exact) mass is 376 g/mol. The number of fused-ring (bicyclic) bond motifs is 1. The summed E-state index contributed by atoms with van der Waals surface area (Å²) < 4.78 is 0. The van der Waals surface area contributed by atoms with Crippen LogP contribution in [0.2, 0.25) is 0 Å². The number of aldehydes is 1. The minimum atomic E-state index is -0.683. The van der Waals surface area contributed by atoms with Gasteiger partial charge in [0.15, 0.2) is 0 Å². The van der Waals surface area contributed by atoms with Gasteiger partial charge in [0.05, 0.1) is 6.04 Å². The summed E-state index contributed by atoms with van der Waals surface area (Å²) in [5, 5.41) is 7.44. The van der Waals surface area contributed by atoms with Crippen LogP contribution in [-0.2, 0) is 4.79 Å². The lowest BCUT2D eigenvalue weighted by Gasteiger charge is -2.28. The molecule has 4 rings (SSSR count). The second-order valence-corrected chi connectivity index (χ2v) is 7.12. The minimum absolute atomic E-state index is 0.182. The highest BCUT2D eigenvalue weighted by molar-refractivity contribution is 5.83. The quantitative estimate of drug-likeness (QED) is 0.574. The van der Waals surface area contributed by atoms with Crippen LogP contribution in [0.15, 0.2) is 60.8 Å². The molecule has 2 aromatic carbocycles. The first-order valence-electron chi connectivity index (χ1n) is 9.64. The molecule has 1 aliphatic heterocycles. The molecule has 0 saturated carbocycles. The number of H-pyrrole nitrogens is 1. The number of urea groups is 1. The average Bonchev–Trinajstić information content (AvgIpc) is 3.42. The number of hydrogen-bond acceptors (Lipinski definition) is 3. The van der Waals surface area contributed by atoms with Crippen LogP contribution in [0, 0.1) is 0 Å². The van der Waals surface area contributed by atoms with E-state index in [0.29, 0.717) is 0 Å². The summed E-state index contributed by atoms with van der Waals surface area (Å²) in [7, 11) is 0. The highest BCUT2D eigenvalue weighted by atomic mass is 16.2. The van der Waals surface area contributed by atoms with Crippen LogP contribution in [0.1, 0.15) is 24.4 Å². The van der Waals surface area contributed by atoms with E-state index in [9.17, 15) is 9.59 Å². The number of nitrogens with zero attached hydrogens (tertiary/aromatic N) is 1. The maximum Gasteiger partial charge on any atom is 0.318 e. The zero-order valence-corrected chi connectivity index (χ0v) is 15.6. The summed E-state index contributed by atoms with van der Waals surface area (Å²) in [6.07, 6.45) is 4.73. The first kappa shape index (κ1) is 18.1. The molecule has 3 N–H and O–H groups in total. The molecule has 1 saturated heterocycles. The van der Waals surface area contributed by atoms with E-state index in [0.717, 1.165) is 54.4 Å². The maximum absolute atomic E-state index is 12.6. The van der Waals surface area contributed by atoms with E-state index in [1.807, 2.05) is 60.8 Å². The van der Waals surface area contributed by atoms with Crippen LogP contribution in [0.4, 0.5) is 10.5 Å². The summed E-state index contributed by atoms with van der Waals surface area (Å²) in [6.45, 7) is 1.48. The molecule has 1 aromatic heterocycles. The smallest absolute Gasteiger partial charge is 0.318 e. The summed E-state index contributed by atoms with van der Waals surface area (Å²) in [5.41, 5.74) is 2.88. The van der Waals surface area contributed by atoms with Crippen molar-refractivity contribution >= 4 is 28.9 Å². The van der Waals surface area contributed by atoms with Crippen LogP contribution in [-0.4, -0.2) is 41.3 Å². The number of carbonyl (C=O) groups excluding carboxylic acids is 2. The number of aromatic nitrogens is 1. The van der Waals surface area contributed by atoms with Crippen LogP contribution in [0.5, 0.6) is 0 Å². The third-order valence-electron chi connectivity index (χ3n) is 5.22. The number of likely N-dealkylation sites (tertiary alicyclic amines) is 1. The van der Waals surface area contributed by atoms with E-state index < -0.39 is 6.04 Å². The SMILES string of the molecule is O=CC(NC(=O)N1CCCC1)C(Nc1ccc2[nH]ccc2c1)c1ccccc1. The van der Waals surface area contributed by atoms with Crippen molar-refractivity contribution in [2.45, 2.75) is 24.9 Å². The van der Waals surface area contributed by atoms with Crippen LogP contribution in [0.25, 0.3) is 10.9 Å². The molecule has 2 heterocycles. The molecule has 28 heavy (non-hydrogen) atoms. The van der Waals surface area contributed by atoms with E-state index in [1.54, 1.807) is 4.90 Å².